The first kappa shape index (κ1) is 19.0. The first-order chi connectivity index (χ1) is 13.7. The Labute approximate surface area is 171 Å². The van der Waals surface area contributed by atoms with Gasteiger partial charge in [-0.2, -0.15) is 5.10 Å². The van der Waals surface area contributed by atoms with E-state index in [4.69, 9.17) is 22.4 Å². The monoisotopic (exact) mass is 395 g/mol. The van der Waals surface area contributed by atoms with E-state index in [2.05, 4.69) is 28.9 Å². The lowest BCUT2D eigenvalue weighted by atomic mass is 10.0. The molecule has 28 heavy (non-hydrogen) atoms. The lowest BCUT2D eigenvalue weighted by Gasteiger charge is -2.33. The standard InChI is InChI=1S/C22H26ClN5/c1-2-26-12-14-27(15-13-26)16-20-21(17-6-4-3-5-7-17)22(24)28(25-20)19-10-8-18(23)9-11-19/h3-11H,2,12-16,24H2,1H3. The van der Waals surface area contributed by atoms with Crippen LogP contribution in [0.5, 0.6) is 0 Å². The van der Waals surface area contributed by atoms with Crippen molar-refractivity contribution in [1.29, 1.82) is 0 Å². The Morgan fingerprint density at radius 3 is 2.21 bits per heavy atom. The fourth-order valence-electron chi connectivity index (χ4n) is 3.76. The second-order valence-electron chi connectivity index (χ2n) is 7.17. The molecule has 1 fully saturated rings. The number of hydrogen-bond acceptors (Lipinski definition) is 4. The number of nitrogen functional groups attached to an aromatic ring is 1. The van der Waals surface area contributed by atoms with Crippen molar-refractivity contribution in [2.24, 2.45) is 0 Å². The third kappa shape index (κ3) is 3.92. The van der Waals surface area contributed by atoms with E-state index in [9.17, 15) is 0 Å². The molecule has 4 rings (SSSR count). The summed E-state index contributed by atoms with van der Waals surface area (Å²) in [6, 6.07) is 17.9. The number of likely N-dealkylation sites (N-methyl/N-ethyl adjacent to an activating group) is 1. The second kappa shape index (κ2) is 8.35. The molecule has 0 spiro atoms. The Morgan fingerprint density at radius 1 is 0.929 bits per heavy atom. The molecule has 0 aliphatic carbocycles. The van der Waals surface area contributed by atoms with Gasteiger partial charge in [-0.3, -0.25) is 4.90 Å². The van der Waals surface area contributed by atoms with Crippen molar-refractivity contribution in [1.82, 2.24) is 19.6 Å². The van der Waals surface area contributed by atoms with Crippen LogP contribution in [0.3, 0.4) is 0 Å². The van der Waals surface area contributed by atoms with Gasteiger partial charge in [0.2, 0.25) is 0 Å². The molecular formula is C22H26ClN5. The molecule has 2 aromatic carbocycles. The van der Waals surface area contributed by atoms with Crippen LogP contribution in [0.4, 0.5) is 5.82 Å². The van der Waals surface area contributed by atoms with E-state index in [0.717, 1.165) is 61.8 Å². The Morgan fingerprint density at radius 2 is 1.57 bits per heavy atom. The zero-order chi connectivity index (χ0) is 19.5. The van der Waals surface area contributed by atoms with E-state index in [-0.39, 0.29) is 0 Å². The Bertz CT molecular complexity index is 912. The molecule has 146 valence electrons. The van der Waals surface area contributed by atoms with Gasteiger partial charge in [-0.05, 0) is 36.4 Å². The summed E-state index contributed by atoms with van der Waals surface area (Å²) in [7, 11) is 0. The van der Waals surface area contributed by atoms with Crippen molar-refractivity contribution >= 4 is 17.4 Å². The number of hydrogen-bond donors (Lipinski definition) is 1. The number of piperazine rings is 1. The van der Waals surface area contributed by atoms with Gasteiger partial charge in [0.05, 0.1) is 11.4 Å². The van der Waals surface area contributed by atoms with E-state index >= 15 is 0 Å². The smallest absolute Gasteiger partial charge is 0.135 e. The first-order valence-electron chi connectivity index (χ1n) is 9.79. The molecule has 1 aromatic heterocycles. The van der Waals surface area contributed by atoms with Crippen LogP contribution in [0.2, 0.25) is 5.02 Å². The molecule has 0 saturated carbocycles. The van der Waals surface area contributed by atoms with Gasteiger partial charge in [-0.15, -0.1) is 0 Å². The van der Waals surface area contributed by atoms with Gasteiger partial charge in [0.1, 0.15) is 5.82 Å². The third-order valence-electron chi connectivity index (χ3n) is 5.41. The number of halogens is 1. The highest BCUT2D eigenvalue weighted by molar-refractivity contribution is 6.30. The molecular weight excluding hydrogens is 370 g/mol. The van der Waals surface area contributed by atoms with Crippen LogP contribution in [-0.2, 0) is 6.54 Å². The second-order valence-corrected chi connectivity index (χ2v) is 7.61. The van der Waals surface area contributed by atoms with Crippen LogP contribution in [0.25, 0.3) is 16.8 Å². The molecule has 0 amide bonds. The highest BCUT2D eigenvalue weighted by Crippen LogP contribution is 2.32. The van der Waals surface area contributed by atoms with Gasteiger partial charge < -0.3 is 10.6 Å². The van der Waals surface area contributed by atoms with Gasteiger partial charge in [0.15, 0.2) is 0 Å². The van der Waals surface area contributed by atoms with Crippen LogP contribution < -0.4 is 5.73 Å². The predicted molar refractivity (Wildman–Crippen MR) is 116 cm³/mol. The van der Waals surface area contributed by atoms with Crippen LogP contribution in [-0.4, -0.2) is 52.3 Å². The van der Waals surface area contributed by atoms with Crippen LogP contribution in [0.15, 0.2) is 54.6 Å². The fourth-order valence-corrected chi connectivity index (χ4v) is 3.89. The third-order valence-corrected chi connectivity index (χ3v) is 5.66. The highest BCUT2D eigenvalue weighted by Gasteiger charge is 2.22. The first-order valence-corrected chi connectivity index (χ1v) is 10.2. The summed E-state index contributed by atoms with van der Waals surface area (Å²) in [5.74, 6) is 0.663. The quantitative estimate of drug-likeness (QED) is 0.711. The van der Waals surface area contributed by atoms with Crippen LogP contribution in [0, 0.1) is 0 Å². The Balaban J connectivity index is 1.70. The van der Waals surface area contributed by atoms with E-state index in [1.807, 2.05) is 47.1 Å². The fraction of sp³-hybridized carbons (Fsp3) is 0.318. The maximum Gasteiger partial charge on any atom is 0.135 e. The van der Waals surface area contributed by atoms with E-state index < -0.39 is 0 Å². The maximum atomic E-state index is 6.60. The lowest BCUT2D eigenvalue weighted by molar-refractivity contribution is 0.131. The molecule has 3 aromatic rings. The molecule has 1 saturated heterocycles. The largest absolute Gasteiger partial charge is 0.383 e. The van der Waals surface area contributed by atoms with E-state index in [1.54, 1.807) is 0 Å². The van der Waals surface area contributed by atoms with E-state index in [0.29, 0.717) is 10.8 Å². The summed E-state index contributed by atoms with van der Waals surface area (Å²) in [5, 5.41) is 5.61. The normalized spacial score (nSPS) is 15.8. The minimum atomic E-state index is 0.663. The molecule has 2 N–H and O–H groups in total. The Hall–Kier alpha value is -2.34. The summed E-state index contributed by atoms with van der Waals surface area (Å²) >= 11 is 6.05. The van der Waals surface area contributed by atoms with Crippen molar-refractivity contribution in [3.05, 3.63) is 65.3 Å². The molecule has 1 aliphatic heterocycles. The highest BCUT2D eigenvalue weighted by atomic mass is 35.5. The zero-order valence-electron chi connectivity index (χ0n) is 16.2. The molecule has 0 bridgehead atoms. The van der Waals surface area contributed by atoms with Gasteiger partial charge in [0, 0.05) is 43.3 Å². The summed E-state index contributed by atoms with van der Waals surface area (Å²) in [4.78, 5) is 4.95. The maximum absolute atomic E-state index is 6.60. The van der Waals surface area contributed by atoms with Crippen molar-refractivity contribution < 1.29 is 0 Å². The number of nitrogens with zero attached hydrogens (tertiary/aromatic N) is 4. The molecule has 0 radical (unpaired) electrons. The van der Waals surface area contributed by atoms with Crippen molar-refractivity contribution in [2.45, 2.75) is 13.5 Å². The molecule has 0 atom stereocenters. The van der Waals surface area contributed by atoms with Gasteiger partial charge in [-0.1, -0.05) is 48.9 Å². The average molecular weight is 396 g/mol. The Kier molecular flexibility index (Phi) is 5.67. The lowest BCUT2D eigenvalue weighted by Crippen LogP contribution is -2.45. The molecule has 1 aliphatic rings. The summed E-state index contributed by atoms with van der Waals surface area (Å²) < 4.78 is 1.83. The van der Waals surface area contributed by atoms with Gasteiger partial charge in [-0.25, -0.2) is 4.68 Å². The van der Waals surface area contributed by atoms with Gasteiger partial charge >= 0.3 is 0 Å². The molecule has 0 unspecified atom stereocenters. The molecule has 5 nitrogen and oxygen atoms in total. The van der Waals surface area contributed by atoms with Crippen molar-refractivity contribution in [2.75, 3.05) is 38.5 Å². The SMILES string of the molecule is CCN1CCN(Cc2nn(-c3ccc(Cl)cc3)c(N)c2-c2ccccc2)CC1. The topological polar surface area (TPSA) is 50.3 Å². The van der Waals surface area contributed by atoms with Crippen molar-refractivity contribution in [3.63, 3.8) is 0 Å². The minimum Gasteiger partial charge on any atom is -0.383 e. The zero-order valence-corrected chi connectivity index (χ0v) is 16.9. The number of benzene rings is 2. The number of anilines is 1. The molecule has 6 heteroatoms. The summed E-state index contributed by atoms with van der Waals surface area (Å²) in [6.45, 7) is 8.44. The van der Waals surface area contributed by atoms with Gasteiger partial charge in [0.25, 0.3) is 0 Å². The average Bonchev–Trinajstić information content (AvgIpc) is 3.05. The minimum absolute atomic E-state index is 0.663. The number of aromatic nitrogens is 2. The number of rotatable bonds is 5. The number of nitrogens with two attached hydrogens (primary N) is 1. The predicted octanol–water partition coefficient (Wildman–Crippen LogP) is 3.91. The summed E-state index contributed by atoms with van der Waals surface area (Å²) in [5.41, 5.74) is 10.7. The molecule has 2 heterocycles. The van der Waals surface area contributed by atoms with Crippen LogP contribution in [0.1, 0.15) is 12.6 Å². The van der Waals surface area contributed by atoms with Crippen molar-refractivity contribution in [3.8, 4) is 16.8 Å². The summed E-state index contributed by atoms with van der Waals surface area (Å²) in [6.07, 6.45) is 0. The van der Waals surface area contributed by atoms with Crippen LogP contribution >= 0.6 is 11.6 Å². The van der Waals surface area contributed by atoms with E-state index in [1.165, 1.54) is 0 Å².